The molecular formula is C24H44O4. The van der Waals surface area contributed by atoms with Crippen LogP contribution in [0.4, 0.5) is 0 Å². The van der Waals surface area contributed by atoms with Crippen LogP contribution < -0.4 is 0 Å². The van der Waals surface area contributed by atoms with Crippen molar-refractivity contribution in [3.63, 3.8) is 0 Å². The van der Waals surface area contributed by atoms with Crippen molar-refractivity contribution in [1.82, 2.24) is 0 Å². The second-order valence-electron chi connectivity index (χ2n) is 7.54. The van der Waals surface area contributed by atoms with E-state index in [2.05, 4.69) is 19.9 Å². The Morgan fingerprint density at radius 2 is 1.11 bits per heavy atom. The summed E-state index contributed by atoms with van der Waals surface area (Å²) in [4.78, 5) is 22.9. The highest BCUT2D eigenvalue weighted by molar-refractivity contribution is 5.71. The first-order valence-electron chi connectivity index (χ1n) is 11.7. The van der Waals surface area contributed by atoms with E-state index < -0.39 is 0 Å². The molecular weight excluding hydrogens is 352 g/mol. The predicted octanol–water partition coefficient (Wildman–Crippen LogP) is 6.91. The van der Waals surface area contributed by atoms with Gasteiger partial charge in [0.2, 0.25) is 0 Å². The van der Waals surface area contributed by atoms with Crippen LogP contribution in [-0.2, 0) is 19.1 Å². The van der Waals surface area contributed by atoms with E-state index in [4.69, 9.17) is 9.47 Å². The predicted molar refractivity (Wildman–Crippen MR) is 116 cm³/mol. The molecule has 0 rings (SSSR count). The summed E-state index contributed by atoms with van der Waals surface area (Å²) in [5, 5.41) is 0. The third-order valence-corrected chi connectivity index (χ3v) is 4.72. The summed E-state index contributed by atoms with van der Waals surface area (Å²) >= 11 is 0. The van der Waals surface area contributed by atoms with Gasteiger partial charge in [-0.15, -0.1) is 0 Å². The normalized spacial score (nSPS) is 11.1. The first-order chi connectivity index (χ1) is 13.7. The molecule has 0 aliphatic heterocycles. The van der Waals surface area contributed by atoms with Crippen molar-refractivity contribution in [2.45, 2.75) is 117 Å². The van der Waals surface area contributed by atoms with Crippen LogP contribution in [0.3, 0.4) is 0 Å². The molecule has 0 radical (unpaired) electrons. The molecule has 0 amide bonds. The number of unbranched alkanes of at least 4 members (excludes halogenated alkanes) is 11. The van der Waals surface area contributed by atoms with Crippen molar-refractivity contribution < 1.29 is 19.1 Å². The lowest BCUT2D eigenvalue weighted by Gasteiger charge is -2.04. The molecule has 0 atom stereocenters. The molecule has 0 N–H and O–H groups in total. The Labute approximate surface area is 173 Å². The van der Waals surface area contributed by atoms with Gasteiger partial charge in [-0.25, -0.2) is 0 Å². The molecule has 0 saturated heterocycles. The van der Waals surface area contributed by atoms with Gasteiger partial charge in [0.25, 0.3) is 0 Å². The molecule has 0 aromatic heterocycles. The molecule has 0 aromatic carbocycles. The van der Waals surface area contributed by atoms with Gasteiger partial charge in [0.15, 0.2) is 0 Å². The van der Waals surface area contributed by atoms with Gasteiger partial charge in [-0.2, -0.15) is 0 Å². The first kappa shape index (κ1) is 26.7. The van der Waals surface area contributed by atoms with Crippen LogP contribution in [0.25, 0.3) is 0 Å². The number of esters is 2. The Balaban J connectivity index is 3.24. The van der Waals surface area contributed by atoms with Gasteiger partial charge in [0, 0.05) is 6.42 Å². The SMILES string of the molecule is CCCCOC(=O)C/C=C/CCCCCCCCCCCC(=O)OCCCC. The standard InChI is InChI=1S/C24H44O4/c1-3-5-21-27-23(25)19-17-15-13-11-9-7-8-10-12-14-16-18-20-24(26)28-22-6-4-2/h15,17H,3-14,16,18-22H2,1-2H3/b17-15+. The number of hydrogen-bond acceptors (Lipinski definition) is 4. The van der Waals surface area contributed by atoms with Crippen LogP contribution in [-0.4, -0.2) is 25.2 Å². The second kappa shape index (κ2) is 22.0. The van der Waals surface area contributed by atoms with Gasteiger partial charge in [-0.3, -0.25) is 9.59 Å². The van der Waals surface area contributed by atoms with Crippen LogP contribution in [0.2, 0.25) is 0 Å². The lowest BCUT2D eigenvalue weighted by atomic mass is 10.1. The zero-order valence-electron chi connectivity index (χ0n) is 18.5. The zero-order valence-corrected chi connectivity index (χ0v) is 18.5. The van der Waals surface area contributed by atoms with Gasteiger partial charge < -0.3 is 9.47 Å². The molecule has 0 aliphatic rings. The Hall–Kier alpha value is -1.32. The van der Waals surface area contributed by atoms with E-state index in [-0.39, 0.29) is 11.9 Å². The van der Waals surface area contributed by atoms with Gasteiger partial charge >= 0.3 is 11.9 Å². The monoisotopic (exact) mass is 396 g/mol. The Kier molecular flexibility index (Phi) is 20.9. The van der Waals surface area contributed by atoms with Gasteiger partial charge in [-0.05, 0) is 32.1 Å². The van der Waals surface area contributed by atoms with Crippen molar-refractivity contribution in [2.75, 3.05) is 13.2 Å². The molecule has 0 aromatic rings. The molecule has 28 heavy (non-hydrogen) atoms. The summed E-state index contributed by atoms with van der Waals surface area (Å²) in [6.45, 7) is 5.32. The summed E-state index contributed by atoms with van der Waals surface area (Å²) in [5.41, 5.74) is 0. The molecule has 0 spiro atoms. The van der Waals surface area contributed by atoms with Crippen LogP contribution in [0.15, 0.2) is 12.2 Å². The zero-order chi connectivity index (χ0) is 20.7. The average Bonchev–Trinajstić information content (AvgIpc) is 2.68. The minimum absolute atomic E-state index is 0.0316. The van der Waals surface area contributed by atoms with Gasteiger partial charge in [0.1, 0.15) is 0 Å². The summed E-state index contributed by atoms with van der Waals surface area (Å²) < 4.78 is 10.3. The van der Waals surface area contributed by atoms with E-state index >= 15 is 0 Å². The number of ether oxygens (including phenoxy) is 2. The summed E-state index contributed by atoms with van der Waals surface area (Å²) in [6, 6.07) is 0. The van der Waals surface area contributed by atoms with E-state index in [1.807, 2.05) is 6.08 Å². The van der Waals surface area contributed by atoms with Crippen molar-refractivity contribution in [2.24, 2.45) is 0 Å². The highest BCUT2D eigenvalue weighted by Crippen LogP contribution is 2.12. The molecule has 164 valence electrons. The van der Waals surface area contributed by atoms with E-state index in [0.717, 1.165) is 44.9 Å². The maximum atomic E-state index is 11.5. The van der Waals surface area contributed by atoms with Crippen LogP contribution in [0, 0.1) is 0 Å². The fraction of sp³-hybridized carbons (Fsp3) is 0.833. The molecule has 0 heterocycles. The minimum atomic E-state index is -0.113. The lowest BCUT2D eigenvalue weighted by molar-refractivity contribution is -0.144. The summed E-state index contributed by atoms with van der Waals surface area (Å²) in [7, 11) is 0. The van der Waals surface area contributed by atoms with Gasteiger partial charge in [-0.1, -0.05) is 83.8 Å². The summed E-state index contributed by atoms with van der Waals surface area (Å²) in [5.74, 6) is -0.144. The number of carbonyl (C=O) groups excluding carboxylic acids is 2. The highest BCUT2D eigenvalue weighted by Gasteiger charge is 2.02. The Bertz CT molecular complexity index is 390. The lowest BCUT2D eigenvalue weighted by Crippen LogP contribution is -2.05. The molecule has 4 heteroatoms. The number of carbonyl (C=O) groups is 2. The number of allylic oxidation sites excluding steroid dienone is 1. The molecule has 0 unspecified atom stereocenters. The number of hydrogen-bond donors (Lipinski definition) is 0. The van der Waals surface area contributed by atoms with Crippen LogP contribution in [0.5, 0.6) is 0 Å². The quantitative estimate of drug-likeness (QED) is 0.127. The first-order valence-corrected chi connectivity index (χ1v) is 11.7. The van der Waals surface area contributed by atoms with Crippen LogP contribution in [0.1, 0.15) is 117 Å². The van der Waals surface area contributed by atoms with E-state index in [0.29, 0.717) is 26.1 Å². The maximum Gasteiger partial charge on any atom is 0.309 e. The van der Waals surface area contributed by atoms with Crippen molar-refractivity contribution in [3.05, 3.63) is 12.2 Å². The van der Waals surface area contributed by atoms with Gasteiger partial charge in [0.05, 0.1) is 19.6 Å². The molecule has 0 aliphatic carbocycles. The van der Waals surface area contributed by atoms with Crippen molar-refractivity contribution in [3.8, 4) is 0 Å². The molecule has 0 bridgehead atoms. The second-order valence-corrected chi connectivity index (χ2v) is 7.54. The molecule has 0 fully saturated rings. The third-order valence-electron chi connectivity index (χ3n) is 4.72. The summed E-state index contributed by atoms with van der Waals surface area (Å²) in [6.07, 6.45) is 21.0. The smallest absolute Gasteiger partial charge is 0.309 e. The fourth-order valence-electron chi connectivity index (χ4n) is 2.86. The Morgan fingerprint density at radius 1 is 0.607 bits per heavy atom. The van der Waals surface area contributed by atoms with E-state index in [1.54, 1.807) is 0 Å². The average molecular weight is 397 g/mol. The van der Waals surface area contributed by atoms with E-state index in [9.17, 15) is 9.59 Å². The minimum Gasteiger partial charge on any atom is -0.466 e. The fourth-order valence-corrected chi connectivity index (χ4v) is 2.86. The van der Waals surface area contributed by atoms with Crippen molar-refractivity contribution >= 4 is 11.9 Å². The van der Waals surface area contributed by atoms with E-state index in [1.165, 1.54) is 44.9 Å². The molecule has 4 nitrogen and oxygen atoms in total. The molecule has 0 saturated carbocycles. The third kappa shape index (κ3) is 21.0. The Morgan fingerprint density at radius 3 is 1.68 bits per heavy atom. The number of rotatable bonds is 20. The van der Waals surface area contributed by atoms with Crippen molar-refractivity contribution in [1.29, 1.82) is 0 Å². The topological polar surface area (TPSA) is 52.6 Å². The maximum absolute atomic E-state index is 11.5. The largest absolute Gasteiger partial charge is 0.466 e. The van der Waals surface area contributed by atoms with Crippen LogP contribution >= 0.6 is 0 Å². The highest BCUT2D eigenvalue weighted by atomic mass is 16.5.